The summed E-state index contributed by atoms with van der Waals surface area (Å²) in [4.78, 5) is 13.4. The minimum atomic E-state index is -3.46. The van der Waals surface area contributed by atoms with Gasteiger partial charge >= 0.3 is 0 Å². The van der Waals surface area contributed by atoms with Gasteiger partial charge in [-0.1, -0.05) is 0 Å². The summed E-state index contributed by atoms with van der Waals surface area (Å²) in [5, 5.41) is 0. The van der Waals surface area contributed by atoms with E-state index in [1.54, 1.807) is 4.90 Å². The van der Waals surface area contributed by atoms with Crippen molar-refractivity contribution in [3.63, 3.8) is 0 Å². The summed E-state index contributed by atoms with van der Waals surface area (Å²) in [7, 11) is -0.529. The summed E-state index contributed by atoms with van der Waals surface area (Å²) >= 11 is 0. The maximum absolute atomic E-state index is 11.8. The highest BCUT2D eigenvalue weighted by atomic mass is 32.2. The molecule has 0 aliphatic carbocycles. The summed E-state index contributed by atoms with van der Waals surface area (Å²) in [6, 6.07) is 0.122. The number of hydrogen-bond acceptors (Lipinski definition) is 3. The lowest BCUT2D eigenvalue weighted by molar-refractivity contribution is -0.135. The molecule has 1 rings (SSSR count). The summed E-state index contributed by atoms with van der Waals surface area (Å²) in [6.07, 6.45) is 0. The summed E-state index contributed by atoms with van der Waals surface area (Å²) < 4.78 is 25.9. The van der Waals surface area contributed by atoms with Crippen LogP contribution in [0, 0.1) is 0 Å². The van der Waals surface area contributed by atoms with E-state index >= 15 is 0 Å². The third-order valence-corrected chi connectivity index (χ3v) is 4.52. The van der Waals surface area contributed by atoms with Crippen molar-refractivity contribution in [2.45, 2.75) is 19.9 Å². The van der Waals surface area contributed by atoms with Crippen LogP contribution in [-0.2, 0) is 15.0 Å². The van der Waals surface area contributed by atoms with Gasteiger partial charge in [-0.25, -0.2) is 0 Å². The molecule has 0 bridgehead atoms. The van der Waals surface area contributed by atoms with Crippen molar-refractivity contribution >= 4 is 16.1 Å². The fourth-order valence-electron chi connectivity index (χ4n) is 1.64. The van der Waals surface area contributed by atoms with Crippen molar-refractivity contribution in [2.75, 3.05) is 33.7 Å². The molecule has 0 aromatic heterocycles. The first-order valence-electron chi connectivity index (χ1n) is 5.24. The van der Waals surface area contributed by atoms with Gasteiger partial charge in [-0.05, 0) is 13.8 Å². The number of rotatable bonds is 3. The number of amides is 1. The van der Waals surface area contributed by atoms with E-state index in [-0.39, 0.29) is 18.5 Å². The molecule has 16 heavy (non-hydrogen) atoms. The molecule has 0 aromatic carbocycles. The fraction of sp³-hybridized carbons (Fsp3) is 0.889. The van der Waals surface area contributed by atoms with Gasteiger partial charge in [-0.2, -0.15) is 17.0 Å². The van der Waals surface area contributed by atoms with Gasteiger partial charge in [0.15, 0.2) is 0 Å². The molecular weight excluding hydrogens is 230 g/mol. The minimum Gasteiger partial charge on any atom is -0.338 e. The average molecular weight is 249 g/mol. The molecule has 1 amide bonds. The van der Waals surface area contributed by atoms with Crippen LogP contribution in [0.25, 0.3) is 0 Å². The van der Waals surface area contributed by atoms with Crippen molar-refractivity contribution in [2.24, 2.45) is 0 Å². The second-order valence-corrected chi connectivity index (χ2v) is 6.45. The van der Waals surface area contributed by atoms with Gasteiger partial charge in [0.05, 0.1) is 6.54 Å². The lowest BCUT2D eigenvalue weighted by Crippen LogP contribution is -2.56. The Morgan fingerprint density at radius 3 is 2.19 bits per heavy atom. The van der Waals surface area contributed by atoms with E-state index in [2.05, 4.69) is 0 Å². The van der Waals surface area contributed by atoms with Crippen LogP contribution < -0.4 is 0 Å². The molecule has 0 radical (unpaired) electrons. The molecule has 0 saturated carbocycles. The first kappa shape index (κ1) is 13.4. The summed E-state index contributed by atoms with van der Waals surface area (Å²) in [5.74, 6) is -0.133. The van der Waals surface area contributed by atoms with Gasteiger partial charge < -0.3 is 4.90 Å². The largest absolute Gasteiger partial charge is 0.338 e. The van der Waals surface area contributed by atoms with Gasteiger partial charge in [0.25, 0.3) is 10.2 Å². The van der Waals surface area contributed by atoms with Gasteiger partial charge in [0.2, 0.25) is 5.91 Å². The van der Waals surface area contributed by atoms with Crippen molar-refractivity contribution in [1.82, 2.24) is 13.5 Å². The maximum Gasteiger partial charge on any atom is 0.282 e. The van der Waals surface area contributed by atoms with E-state index in [0.29, 0.717) is 13.1 Å². The number of carbonyl (C=O) groups is 1. The number of nitrogens with zero attached hydrogens (tertiary/aromatic N) is 3. The summed E-state index contributed by atoms with van der Waals surface area (Å²) in [6.45, 7) is 4.62. The normalized spacial score (nSPS) is 19.9. The van der Waals surface area contributed by atoms with Crippen LogP contribution in [0.4, 0.5) is 0 Å². The first-order chi connectivity index (χ1) is 7.26. The van der Waals surface area contributed by atoms with Crippen LogP contribution in [0.15, 0.2) is 0 Å². The molecule has 0 unspecified atom stereocenters. The zero-order valence-corrected chi connectivity index (χ0v) is 11.0. The Bertz CT molecular complexity index is 364. The Morgan fingerprint density at radius 1 is 1.25 bits per heavy atom. The standard InChI is InChI=1S/C9H19N3O3S/c1-8(2)12-6-5-11(7-9(12)13)16(14,15)10(3)4/h8H,5-7H2,1-4H3. The lowest BCUT2D eigenvalue weighted by Gasteiger charge is -2.36. The van der Waals surface area contributed by atoms with E-state index < -0.39 is 10.2 Å². The lowest BCUT2D eigenvalue weighted by atomic mass is 10.2. The second kappa shape index (κ2) is 4.68. The Hall–Kier alpha value is -0.660. The molecule has 0 N–H and O–H groups in total. The highest BCUT2D eigenvalue weighted by Crippen LogP contribution is 2.12. The monoisotopic (exact) mass is 249 g/mol. The Labute approximate surface area is 97.0 Å². The Balaban J connectivity index is 2.76. The predicted molar refractivity (Wildman–Crippen MR) is 61.0 cm³/mol. The highest BCUT2D eigenvalue weighted by Gasteiger charge is 2.33. The highest BCUT2D eigenvalue weighted by molar-refractivity contribution is 7.86. The van der Waals surface area contributed by atoms with Crippen molar-refractivity contribution in [1.29, 1.82) is 0 Å². The van der Waals surface area contributed by atoms with E-state index in [4.69, 9.17) is 0 Å². The average Bonchev–Trinajstić information content (AvgIpc) is 2.16. The molecule has 0 spiro atoms. The van der Waals surface area contributed by atoms with Crippen molar-refractivity contribution < 1.29 is 13.2 Å². The molecule has 0 atom stereocenters. The second-order valence-electron chi connectivity index (χ2n) is 4.30. The Morgan fingerprint density at radius 2 is 1.81 bits per heavy atom. The van der Waals surface area contributed by atoms with E-state index in [9.17, 15) is 13.2 Å². The number of carbonyl (C=O) groups excluding carboxylic acids is 1. The quantitative estimate of drug-likeness (QED) is 0.667. The van der Waals surface area contributed by atoms with Gasteiger partial charge in [-0.3, -0.25) is 4.79 Å². The molecule has 94 valence electrons. The van der Waals surface area contributed by atoms with Gasteiger partial charge in [-0.15, -0.1) is 0 Å². The van der Waals surface area contributed by atoms with Crippen LogP contribution in [-0.4, -0.2) is 67.6 Å². The molecule has 0 aromatic rings. The van der Waals surface area contributed by atoms with E-state index in [0.717, 1.165) is 4.31 Å². The Kier molecular flexibility index (Phi) is 3.92. The molecule has 6 nitrogen and oxygen atoms in total. The van der Waals surface area contributed by atoms with E-state index in [1.165, 1.54) is 18.4 Å². The van der Waals surface area contributed by atoms with Crippen LogP contribution in [0.2, 0.25) is 0 Å². The maximum atomic E-state index is 11.8. The first-order valence-corrected chi connectivity index (χ1v) is 6.63. The summed E-state index contributed by atoms with van der Waals surface area (Å²) in [5.41, 5.74) is 0. The molecule has 1 saturated heterocycles. The molecule has 1 aliphatic rings. The topological polar surface area (TPSA) is 60.9 Å². The SMILES string of the molecule is CC(C)N1CCN(S(=O)(=O)N(C)C)CC1=O. The fourth-order valence-corrected chi connectivity index (χ4v) is 2.69. The molecular formula is C9H19N3O3S. The third kappa shape index (κ3) is 2.53. The van der Waals surface area contributed by atoms with Gasteiger partial charge in [0, 0.05) is 33.2 Å². The van der Waals surface area contributed by atoms with Crippen LogP contribution in [0.5, 0.6) is 0 Å². The third-order valence-electron chi connectivity index (χ3n) is 2.63. The minimum absolute atomic E-state index is 0.0569. The van der Waals surface area contributed by atoms with Crippen molar-refractivity contribution in [3.8, 4) is 0 Å². The molecule has 1 heterocycles. The smallest absolute Gasteiger partial charge is 0.282 e. The van der Waals surface area contributed by atoms with Crippen molar-refractivity contribution in [3.05, 3.63) is 0 Å². The van der Waals surface area contributed by atoms with Crippen LogP contribution in [0.1, 0.15) is 13.8 Å². The predicted octanol–water partition coefficient (Wildman–Crippen LogP) is -0.655. The van der Waals surface area contributed by atoms with E-state index in [1.807, 2.05) is 13.8 Å². The molecule has 1 aliphatic heterocycles. The van der Waals surface area contributed by atoms with Crippen LogP contribution >= 0.6 is 0 Å². The number of hydrogen-bond donors (Lipinski definition) is 0. The zero-order valence-electron chi connectivity index (χ0n) is 10.2. The zero-order chi connectivity index (χ0) is 12.5. The molecule has 1 fully saturated rings. The number of piperazine rings is 1. The van der Waals surface area contributed by atoms with Crippen LogP contribution in [0.3, 0.4) is 0 Å². The van der Waals surface area contributed by atoms with Gasteiger partial charge in [0.1, 0.15) is 0 Å². The molecule has 7 heteroatoms.